The largest absolute Gasteiger partial charge is 0.449 e. The molecule has 2 N–H and O–H groups in total. The van der Waals surface area contributed by atoms with Gasteiger partial charge in [-0.3, -0.25) is 10.1 Å². The van der Waals surface area contributed by atoms with Gasteiger partial charge in [-0.1, -0.05) is 0 Å². The molecule has 1 amide bonds. The molecule has 2 heterocycles. The molecule has 0 radical (unpaired) electrons. The van der Waals surface area contributed by atoms with Crippen LogP contribution in [0.5, 0.6) is 0 Å². The molecule has 0 aliphatic carbocycles. The van der Waals surface area contributed by atoms with Gasteiger partial charge in [0.15, 0.2) is 5.13 Å². The molecule has 120 valence electrons. The number of carbonyl (C=O) groups excluding carboxylic acids is 1. The second-order valence-corrected chi connectivity index (χ2v) is 6.13. The second kappa shape index (κ2) is 5.34. The lowest BCUT2D eigenvalue weighted by Crippen LogP contribution is -2.11. The van der Waals surface area contributed by atoms with Gasteiger partial charge in [-0.2, -0.15) is 13.2 Å². The summed E-state index contributed by atoms with van der Waals surface area (Å²) in [5, 5.41) is 3.08. The first-order chi connectivity index (χ1) is 10.7. The van der Waals surface area contributed by atoms with E-state index in [2.05, 4.69) is 20.3 Å². The van der Waals surface area contributed by atoms with E-state index in [4.69, 9.17) is 0 Å². The van der Waals surface area contributed by atoms with E-state index in [1.54, 1.807) is 0 Å². The van der Waals surface area contributed by atoms with Gasteiger partial charge in [0.25, 0.3) is 5.91 Å². The summed E-state index contributed by atoms with van der Waals surface area (Å²) in [5.41, 5.74) is 1.34. The summed E-state index contributed by atoms with van der Waals surface area (Å²) in [5.74, 6) is -1.53. The monoisotopic (exact) mass is 340 g/mol. The molecule has 1 aromatic carbocycles. The normalized spacial score (nSPS) is 11.9. The molecule has 0 atom stereocenters. The molecule has 0 unspecified atom stereocenters. The summed E-state index contributed by atoms with van der Waals surface area (Å²) in [6.07, 6.45) is -4.56. The number of aryl methyl sites for hydroxylation is 2. The first-order valence-electron chi connectivity index (χ1n) is 6.56. The number of alkyl halides is 3. The molecule has 0 spiro atoms. The zero-order chi connectivity index (χ0) is 16.8. The SMILES string of the molecule is Cc1nc(NC(=O)c2ccc3nc(C(F)(F)F)[nH]c3c2)sc1C. The van der Waals surface area contributed by atoms with Crippen molar-refractivity contribution in [1.82, 2.24) is 15.0 Å². The highest BCUT2D eigenvalue weighted by Gasteiger charge is 2.34. The van der Waals surface area contributed by atoms with Crippen LogP contribution < -0.4 is 5.32 Å². The fourth-order valence-electron chi connectivity index (χ4n) is 1.98. The number of imidazole rings is 1. The average Bonchev–Trinajstić information content (AvgIpc) is 3.01. The lowest BCUT2D eigenvalue weighted by atomic mass is 10.2. The maximum absolute atomic E-state index is 12.6. The van der Waals surface area contributed by atoms with E-state index in [0.717, 1.165) is 10.6 Å². The molecule has 0 aliphatic rings. The second-order valence-electron chi connectivity index (χ2n) is 4.93. The van der Waals surface area contributed by atoms with Gasteiger partial charge < -0.3 is 4.98 Å². The van der Waals surface area contributed by atoms with Gasteiger partial charge in [0, 0.05) is 10.4 Å². The number of benzene rings is 1. The summed E-state index contributed by atoms with van der Waals surface area (Å²) in [7, 11) is 0. The number of anilines is 1. The number of halogens is 3. The van der Waals surface area contributed by atoms with Crippen LogP contribution in [-0.4, -0.2) is 20.9 Å². The molecule has 0 aliphatic heterocycles. The van der Waals surface area contributed by atoms with Crippen LogP contribution in [-0.2, 0) is 6.18 Å². The predicted molar refractivity (Wildman–Crippen MR) is 80.6 cm³/mol. The number of nitrogens with zero attached hydrogens (tertiary/aromatic N) is 2. The van der Waals surface area contributed by atoms with E-state index in [1.165, 1.54) is 29.5 Å². The highest BCUT2D eigenvalue weighted by Crippen LogP contribution is 2.29. The average molecular weight is 340 g/mol. The molecule has 2 aromatic heterocycles. The maximum Gasteiger partial charge on any atom is 0.449 e. The van der Waals surface area contributed by atoms with Crippen LogP contribution >= 0.6 is 11.3 Å². The van der Waals surface area contributed by atoms with Gasteiger partial charge in [0.05, 0.1) is 16.7 Å². The van der Waals surface area contributed by atoms with Crippen LogP contribution in [0.15, 0.2) is 18.2 Å². The third kappa shape index (κ3) is 3.04. The number of nitrogens with one attached hydrogen (secondary N) is 2. The molecule has 0 bridgehead atoms. The quantitative estimate of drug-likeness (QED) is 0.743. The van der Waals surface area contributed by atoms with Crippen molar-refractivity contribution in [2.45, 2.75) is 20.0 Å². The zero-order valence-corrected chi connectivity index (χ0v) is 12.9. The number of fused-ring (bicyclic) bond motifs is 1. The summed E-state index contributed by atoms with van der Waals surface area (Å²) >= 11 is 1.34. The molecule has 23 heavy (non-hydrogen) atoms. The van der Waals surface area contributed by atoms with Gasteiger partial charge in [-0.25, -0.2) is 9.97 Å². The minimum atomic E-state index is -4.56. The van der Waals surface area contributed by atoms with E-state index < -0.39 is 17.9 Å². The molecule has 3 rings (SSSR count). The van der Waals surface area contributed by atoms with Gasteiger partial charge >= 0.3 is 6.18 Å². The highest BCUT2D eigenvalue weighted by molar-refractivity contribution is 7.15. The molecule has 3 aromatic rings. The number of aromatic nitrogens is 3. The molecule has 0 saturated carbocycles. The highest BCUT2D eigenvalue weighted by atomic mass is 32.1. The van der Waals surface area contributed by atoms with Crippen molar-refractivity contribution in [2.24, 2.45) is 0 Å². The van der Waals surface area contributed by atoms with E-state index in [-0.39, 0.29) is 16.6 Å². The van der Waals surface area contributed by atoms with Gasteiger partial charge in [-0.15, -0.1) is 11.3 Å². The lowest BCUT2D eigenvalue weighted by molar-refractivity contribution is -0.144. The Bertz CT molecular complexity index is 878. The van der Waals surface area contributed by atoms with Crippen LogP contribution in [0.1, 0.15) is 26.8 Å². The fourth-order valence-corrected chi connectivity index (χ4v) is 2.79. The molecular formula is C14H11F3N4OS. The van der Waals surface area contributed by atoms with Crippen molar-refractivity contribution in [3.8, 4) is 0 Å². The third-order valence-corrected chi connectivity index (χ3v) is 4.25. The Morgan fingerprint density at radius 1 is 1.26 bits per heavy atom. The summed E-state index contributed by atoms with van der Waals surface area (Å²) in [6.45, 7) is 3.72. The fraction of sp³-hybridized carbons (Fsp3) is 0.214. The standard InChI is InChI=1S/C14H11F3N4OS/c1-6-7(2)23-13(18-6)21-11(22)8-3-4-9-10(5-8)20-12(19-9)14(15,16)17/h3-5H,1-2H3,(H,19,20)(H,18,21,22). The molecule has 0 saturated heterocycles. The van der Waals surface area contributed by atoms with Crippen LogP contribution in [0.2, 0.25) is 0 Å². The Morgan fingerprint density at radius 3 is 2.61 bits per heavy atom. The molecule has 5 nitrogen and oxygen atoms in total. The number of hydrogen-bond donors (Lipinski definition) is 2. The summed E-state index contributed by atoms with van der Waals surface area (Å²) in [4.78, 5) is 23.0. The van der Waals surface area contributed by atoms with Crippen LogP contribution in [0.3, 0.4) is 0 Å². The Labute approximate surface area is 132 Å². The van der Waals surface area contributed by atoms with Gasteiger partial charge in [-0.05, 0) is 32.0 Å². The van der Waals surface area contributed by atoms with Crippen molar-refractivity contribution in [2.75, 3.05) is 5.32 Å². The maximum atomic E-state index is 12.6. The van der Waals surface area contributed by atoms with E-state index >= 15 is 0 Å². The van der Waals surface area contributed by atoms with Crippen molar-refractivity contribution < 1.29 is 18.0 Å². The van der Waals surface area contributed by atoms with Gasteiger partial charge in [0.1, 0.15) is 0 Å². The summed E-state index contributed by atoms with van der Waals surface area (Å²) < 4.78 is 37.9. The number of hydrogen-bond acceptors (Lipinski definition) is 4. The first-order valence-corrected chi connectivity index (χ1v) is 7.38. The molecular weight excluding hydrogens is 329 g/mol. The van der Waals surface area contributed by atoms with Crippen LogP contribution in [0.25, 0.3) is 11.0 Å². The number of amides is 1. The molecule has 0 fully saturated rings. The Balaban J connectivity index is 1.88. The predicted octanol–water partition coefficient (Wildman–Crippen LogP) is 3.91. The smallest absolute Gasteiger partial charge is 0.334 e. The minimum absolute atomic E-state index is 0.148. The number of carbonyl (C=O) groups is 1. The third-order valence-electron chi connectivity index (χ3n) is 3.26. The number of aromatic amines is 1. The van der Waals surface area contributed by atoms with E-state index in [9.17, 15) is 18.0 Å². The van der Waals surface area contributed by atoms with Crippen LogP contribution in [0.4, 0.5) is 18.3 Å². The van der Waals surface area contributed by atoms with E-state index in [1.807, 2.05) is 13.8 Å². The number of H-pyrrole nitrogens is 1. The molecule has 9 heteroatoms. The Kier molecular flexibility index (Phi) is 3.59. The van der Waals surface area contributed by atoms with Crippen molar-refractivity contribution in [3.05, 3.63) is 40.2 Å². The zero-order valence-electron chi connectivity index (χ0n) is 12.1. The Morgan fingerprint density at radius 2 is 2.00 bits per heavy atom. The topological polar surface area (TPSA) is 70.7 Å². The lowest BCUT2D eigenvalue weighted by Gasteiger charge is -2.01. The van der Waals surface area contributed by atoms with Gasteiger partial charge in [0.2, 0.25) is 5.82 Å². The number of thiazole rings is 1. The van der Waals surface area contributed by atoms with Crippen molar-refractivity contribution in [3.63, 3.8) is 0 Å². The minimum Gasteiger partial charge on any atom is -0.334 e. The first kappa shape index (κ1) is 15.5. The summed E-state index contributed by atoms with van der Waals surface area (Å²) in [6, 6.07) is 4.13. The van der Waals surface area contributed by atoms with Crippen LogP contribution in [0, 0.1) is 13.8 Å². The van der Waals surface area contributed by atoms with Crippen molar-refractivity contribution >= 4 is 33.4 Å². The number of rotatable bonds is 2. The Hall–Kier alpha value is -2.42. The van der Waals surface area contributed by atoms with E-state index in [0.29, 0.717) is 5.13 Å². The van der Waals surface area contributed by atoms with Crippen molar-refractivity contribution in [1.29, 1.82) is 0 Å².